The van der Waals surface area contributed by atoms with Gasteiger partial charge in [0.25, 0.3) is 0 Å². The minimum Gasteiger partial charge on any atom is -0.496 e. The van der Waals surface area contributed by atoms with Crippen molar-refractivity contribution in [3.63, 3.8) is 0 Å². The van der Waals surface area contributed by atoms with E-state index >= 15 is 0 Å². The summed E-state index contributed by atoms with van der Waals surface area (Å²) in [7, 11) is 1.65. The van der Waals surface area contributed by atoms with E-state index in [9.17, 15) is 9.90 Å². The van der Waals surface area contributed by atoms with Gasteiger partial charge in [-0.05, 0) is 66.0 Å². The SMILES string of the molecule is CCC1(C(=O)O)CCN(Cc2ccc(OC)c(Br)c2)CC1. The molecule has 5 heteroatoms. The van der Waals surface area contributed by atoms with Crippen molar-refractivity contribution in [3.8, 4) is 5.75 Å². The minimum atomic E-state index is -0.642. The number of hydrogen-bond acceptors (Lipinski definition) is 3. The fraction of sp³-hybridized carbons (Fsp3) is 0.562. The van der Waals surface area contributed by atoms with Gasteiger partial charge in [-0.25, -0.2) is 0 Å². The normalized spacial score (nSPS) is 18.4. The van der Waals surface area contributed by atoms with Gasteiger partial charge >= 0.3 is 5.97 Å². The first-order valence-corrected chi connectivity index (χ1v) is 8.08. The maximum atomic E-state index is 11.4. The Morgan fingerprint density at radius 2 is 2.10 bits per heavy atom. The molecule has 1 aromatic rings. The van der Waals surface area contributed by atoms with Crippen LogP contribution in [0.2, 0.25) is 0 Å². The lowest BCUT2D eigenvalue weighted by molar-refractivity contribution is -0.152. The summed E-state index contributed by atoms with van der Waals surface area (Å²) in [4.78, 5) is 13.8. The fourth-order valence-corrected chi connectivity index (χ4v) is 3.51. The van der Waals surface area contributed by atoms with E-state index in [2.05, 4.69) is 33.0 Å². The number of carboxylic acid groups (broad SMARTS) is 1. The molecule has 1 N–H and O–H groups in total. The molecule has 1 saturated heterocycles. The quantitative estimate of drug-likeness (QED) is 0.877. The maximum Gasteiger partial charge on any atom is 0.309 e. The second-order valence-corrected chi connectivity index (χ2v) is 6.54. The first kappa shape index (κ1) is 16.3. The summed E-state index contributed by atoms with van der Waals surface area (Å²) in [6.07, 6.45) is 2.18. The average Bonchev–Trinajstić information content (AvgIpc) is 2.48. The Bertz CT molecular complexity index is 510. The average molecular weight is 356 g/mol. The molecule has 0 bridgehead atoms. The van der Waals surface area contributed by atoms with Crippen molar-refractivity contribution >= 4 is 21.9 Å². The van der Waals surface area contributed by atoms with Crippen molar-refractivity contribution in [2.45, 2.75) is 32.7 Å². The van der Waals surface area contributed by atoms with Gasteiger partial charge in [-0.15, -0.1) is 0 Å². The number of carboxylic acids is 1. The van der Waals surface area contributed by atoms with E-state index in [1.807, 2.05) is 13.0 Å². The van der Waals surface area contributed by atoms with Gasteiger partial charge in [0.05, 0.1) is 17.0 Å². The van der Waals surface area contributed by atoms with Crippen LogP contribution in [0.25, 0.3) is 0 Å². The largest absolute Gasteiger partial charge is 0.496 e. The molecule has 0 aromatic heterocycles. The number of ether oxygens (including phenoxy) is 1. The van der Waals surface area contributed by atoms with Crippen molar-refractivity contribution in [1.29, 1.82) is 0 Å². The van der Waals surface area contributed by atoms with Crippen LogP contribution in [0.1, 0.15) is 31.7 Å². The molecule has 1 aromatic carbocycles. The monoisotopic (exact) mass is 355 g/mol. The molecule has 1 fully saturated rings. The zero-order chi connectivity index (χ0) is 15.5. The van der Waals surface area contributed by atoms with E-state index in [4.69, 9.17) is 4.74 Å². The predicted octanol–water partition coefficient (Wildman–Crippen LogP) is 3.53. The Morgan fingerprint density at radius 3 is 2.57 bits per heavy atom. The number of likely N-dealkylation sites (tertiary alicyclic amines) is 1. The van der Waals surface area contributed by atoms with Crippen LogP contribution in [0.5, 0.6) is 5.75 Å². The van der Waals surface area contributed by atoms with Gasteiger partial charge in [-0.1, -0.05) is 13.0 Å². The first-order valence-electron chi connectivity index (χ1n) is 7.29. The number of nitrogens with zero attached hydrogens (tertiary/aromatic N) is 1. The van der Waals surface area contributed by atoms with Gasteiger partial charge in [-0.2, -0.15) is 0 Å². The molecule has 0 aliphatic carbocycles. The third-order valence-electron chi connectivity index (χ3n) is 4.57. The Morgan fingerprint density at radius 1 is 1.43 bits per heavy atom. The third-order valence-corrected chi connectivity index (χ3v) is 5.19. The van der Waals surface area contributed by atoms with Crippen LogP contribution in [0.4, 0.5) is 0 Å². The molecule has 0 unspecified atom stereocenters. The van der Waals surface area contributed by atoms with E-state index in [0.29, 0.717) is 6.42 Å². The number of piperidine rings is 1. The molecule has 4 nitrogen and oxygen atoms in total. The number of methoxy groups -OCH3 is 1. The zero-order valence-corrected chi connectivity index (χ0v) is 14.1. The number of carbonyl (C=O) groups is 1. The molecule has 1 aliphatic rings. The number of rotatable bonds is 5. The van der Waals surface area contributed by atoms with Gasteiger partial charge in [-0.3, -0.25) is 9.69 Å². The summed E-state index contributed by atoms with van der Waals surface area (Å²) in [6.45, 7) is 4.50. The molecule has 0 atom stereocenters. The van der Waals surface area contributed by atoms with E-state index in [0.717, 1.165) is 42.7 Å². The second-order valence-electron chi connectivity index (χ2n) is 5.68. The van der Waals surface area contributed by atoms with E-state index in [1.165, 1.54) is 5.56 Å². The highest BCUT2D eigenvalue weighted by Crippen LogP contribution is 2.35. The molecule has 1 heterocycles. The Kier molecular flexibility index (Phi) is 5.27. The van der Waals surface area contributed by atoms with Crippen LogP contribution in [-0.2, 0) is 11.3 Å². The van der Waals surface area contributed by atoms with Gasteiger partial charge in [0.2, 0.25) is 0 Å². The lowest BCUT2D eigenvalue weighted by Crippen LogP contribution is -2.43. The van der Waals surface area contributed by atoms with Gasteiger partial charge in [0.15, 0.2) is 0 Å². The van der Waals surface area contributed by atoms with Crippen LogP contribution in [0.15, 0.2) is 22.7 Å². The highest BCUT2D eigenvalue weighted by molar-refractivity contribution is 9.10. The van der Waals surface area contributed by atoms with Gasteiger partial charge in [0.1, 0.15) is 5.75 Å². The molecule has 1 aliphatic heterocycles. The van der Waals surface area contributed by atoms with Crippen LogP contribution in [0.3, 0.4) is 0 Å². The molecular weight excluding hydrogens is 334 g/mol. The van der Waals surface area contributed by atoms with Crippen LogP contribution >= 0.6 is 15.9 Å². The molecule has 116 valence electrons. The fourth-order valence-electron chi connectivity index (χ4n) is 2.92. The number of benzene rings is 1. The van der Waals surface area contributed by atoms with Crippen molar-refractivity contribution < 1.29 is 14.6 Å². The maximum absolute atomic E-state index is 11.4. The van der Waals surface area contributed by atoms with Gasteiger partial charge in [0, 0.05) is 6.54 Å². The molecule has 0 radical (unpaired) electrons. The molecule has 0 spiro atoms. The molecule has 2 rings (SSSR count). The lowest BCUT2D eigenvalue weighted by Gasteiger charge is -2.38. The van der Waals surface area contributed by atoms with Crippen molar-refractivity contribution in [2.75, 3.05) is 20.2 Å². The molecule has 0 amide bonds. The highest BCUT2D eigenvalue weighted by atomic mass is 79.9. The predicted molar refractivity (Wildman–Crippen MR) is 85.6 cm³/mol. The highest BCUT2D eigenvalue weighted by Gasteiger charge is 2.39. The summed E-state index contributed by atoms with van der Waals surface area (Å²) >= 11 is 3.50. The van der Waals surface area contributed by atoms with Crippen molar-refractivity contribution in [2.24, 2.45) is 5.41 Å². The third kappa shape index (κ3) is 3.58. The zero-order valence-electron chi connectivity index (χ0n) is 12.6. The Balaban J connectivity index is 1.97. The Labute approximate surface area is 134 Å². The number of hydrogen-bond donors (Lipinski definition) is 1. The second kappa shape index (κ2) is 6.79. The van der Waals surface area contributed by atoms with E-state index in [-0.39, 0.29) is 0 Å². The van der Waals surface area contributed by atoms with Crippen molar-refractivity contribution in [1.82, 2.24) is 4.90 Å². The van der Waals surface area contributed by atoms with Crippen LogP contribution in [0, 0.1) is 5.41 Å². The molecular formula is C16H22BrNO3. The standard InChI is InChI=1S/C16H22BrNO3/c1-3-16(15(19)20)6-8-18(9-7-16)11-12-4-5-14(21-2)13(17)10-12/h4-5,10H,3,6-9,11H2,1-2H3,(H,19,20). The number of aliphatic carboxylic acids is 1. The summed E-state index contributed by atoms with van der Waals surface area (Å²) in [5.74, 6) is 0.185. The van der Waals surface area contributed by atoms with Crippen LogP contribution in [-0.4, -0.2) is 36.2 Å². The molecule has 21 heavy (non-hydrogen) atoms. The number of halogens is 1. The topological polar surface area (TPSA) is 49.8 Å². The van der Waals surface area contributed by atoms with Crippen molar-refractivity contribution in [3.05, 3.63) is 28.2 Å². The van der Waals surface area contributed by atoms with Crippen LogP contribution < -0.4 is 4.74 Å². The lowest BCUT2D eigenvalue weighted by atomic mass is 9.76. The summed E-state index contributed by atoms with van der Waals surface area (Å²) in [6, 6.07) is 6.08. The smallest absolute Gasteiger partial charge is 0.309 e. The first-order chi connectivity index (χ1) is 10.0. The summed E-state index contributed by atoms with van der Waals surface area (Å²) in [5.41, 5.74) is 0.693. The molecule has 0 saturated carbocycles. The summed E-state index contributed by atoms with van der Waals surface area (Å²) in [5, 5.41) is 9.42. The Hall–Kier alpha value is -1.07. The summed E-state index contributed by atoms with van der Waals surface area (Å²) < 4.78 is 6.18. The van der Waals surface area contributed by atoms with Gasteiger partial charge < -0.3 is 9.84 Å². The minimum absolute atomic E-state index is 0.517. The van der Waals surface area contributed by atoms with E-state index in [1.54, 1.807) is 7.11 Å². The van der Waals surface area contributed by atoms with E-state index < -0.39 is 11.4 Å².